The van der Waals surface area contributed by atoms with Crippen LogP contribution in [0, 0.1) is 0 Å². The topological polar surface area (TPSA) is 403 Å². The number of aliphatic hydroxyl groups is 3. The van der Waals surface area contributed by atoms with Crippen molar-refractivity contribution in [3.63, 3.8) is 0 Å². The van der Waals surface area contributed by atoms with E-state index in [4.69, 9.17) is 24.7 Å². The van der Waals surface area contributed by atoms with E-state index in [0.717, 1.165) is 32.5 Å². The van der Waals surface area contributed by atoms with Gasteiger partial charge >= 0.3 is 0 Å². The SMILES string of the molecule is CCOCCOCCOCCOCCn1cc(CCC(=O)N[C@H](Cc2ccccc2)C(=O)N[C@H]2CSSCC(C(=O)N[C@H](CO)[C@@H](C)O)NC(=O)C([C@@H](C)O)NC(=O)[C@H](CCCCN)NC(=O)[C@@H](Cc3c[nH]c4ccccc34)NC(=O)[C@H](Cc3ccccc3)NC2=O)nn1. The average molecular weight is 1350 g/mol. The quantitative estimate of drug-likeness (QED) is 0.0185. The van der Waals surface area contributed by atoms with Gasteiger partial charge in [-0.1, -0.05) is 106 Å². The van der Waals surface area contributed by atoms with Crippen LogP contribution >= 0.6 is 21.6 Å². The lowest BCUT2D eigenvalue weighted by Gasteiger charge is -2.29. The van der Waals surface area contributed by atoms with Crippen molar-refractivity contribution in [2.24, 2.45) is 5.73 Å². The number of amides is 8. The molecule has 30 heteroatoms. The number of ether oxygens (including phenoxy) is 4. The fourth-order valence-corrected chi connectivity index (χ4v) is 12.2. The molecule has 1 aliphatic rings. The Morgan fingerprint density at radius 2 is 1.31 bits per heavy atom. The summed E-state index contributed by atoms with van der Waals surface area (Å²) in [5.74, 6) is -7.07. The van der Waals surface area contributed by atoms with Crippen LogP contribution in [0.3, 0.4) is 0 Å². The zero-order valence-electron chi connectivity index (χ0n) is 53.3. The van der Waals surface area contributed by atoms with Crippen molar-refractivity contribution < 1.29 is 72.6 Å². The molecule has 0 radical (unpaired) electrons. The standard InChI is InChI=1S/C64H91N13O15S2/c1-4-89-27-28-91-31-32-92-30-29-90-26-25-77-37-46(75-76-77)22-23-56(81)67-50(33-43-15-7-5-8-16-43)59(83)72-54-39-93-94-40-55(63(87)71-53(38-78)41(2)79)73-64(88)57(42(3)80)74-58(82)49(21-13-14-24-65)68-61(85)52(35-45-36-66-48-20-12-11-19-47(45)48)70-60(84)51(69-62(54)86)34-44-17-9-6-10-18-44/h5-12,15-20,36-37,41-42,49-55,57,66,78-80H,4,13-14,21-35,38-40,65H2,1-3H3,(H,67,81)(H,68,85)(H,69,86)(H,70,84)(H,71,87)(H,72,83)(H,73,88)(H,74,82)/t41-,42-,49+,50-,51+,52-,53-,54+,55?,57?/m1/s1. The lowest BCUT2D eigenvalue weighted by Crippen LogP contribution is -2.62. The van der Waals surface area contributed by atoms with Gasteiger partial charge in [0.15, 0.2) is 0 Å². The van der Waals surface area contributed by atoms with Gasteiger partial charge in [-0.2, -0.15) is 0 Å². The Morgan fingerprint density at radius 1 is 0.702 bits per heavy atom. The number of aryl methyl sites for hydroxylation is 1. The van der Waals surface area contributed by atoms with E-state index in [-0.39, 0.29) is 56.6 Å². The maximum absolute atomic E-state index is 15.1. The molecule has 8 amide bonds. The Morgan fingerprint density at radius 3 is 1.97 bits per heavy atom. The Balaban J connectivity index is 1.28. The number of nitrogens with one attached hydrogen (secondary N) is 9. The third kappa shape index (κ3) is 26.0. The van der Waals surface area contributed by atoms with Gasteiger partial charge in [-0.25, -0.2) is 4.68 Å². The highest BCUT2D eigenvalue weighted by atomic mass is 33.1. The second kappa shape index (κ2) is 41.3. The lowest BCUT2D eigenvalue weighted by atomic mass is 10.0. The molecule has 94 heavy (non-hydrogen) atoms. The number of fused-ring (bicyclic) bond motifs is 1. The zero-order valence-corrected chi connectivity index (χ0v) is 55.0. The molecule has 514 valence electrons. The molecule has 3 heterocycles. The van der Waals surface area contributed by atoms with E-state index in [9.17, 15) is 44.1 Å². The number of H-pyrrole nitrogens is 1. The Bertz CT molecular complexity index is 3150. The molecule has 10 atom stereocenters. The van der Waals surface area contributed by atoms with Crippen LogP contribution in [0.25, 0.3) is 10.9 Å². The minimum absolute atomic E-state index is 0.000297. The fraction of sp³-hybridized carbons (Fsp3) is 0.531. The molecule has 1 aliphatic heterocycles. The summed E-state index contributed by atoms with van der Waals surface area (Å²) in [6, 6.07) is 13.6. The molecule has 0 spiro atoms. The summed E-state index contributed by atoms with van der Waals surface area (Å²) in [6.07, 6.45) is 1.12. The van der Waals surface area contributed by atoms with Gasteiger partial charge < -0.3 is 87.5 Å². The van der Waals surface area contributed by atoms with Gasteiger partial charge in [0, 0.05) is 73.5 Å². The summed E-state index contributed by atoms with van der Waals surface area (Å²) in [7, 11) is 1.97. The summed E-state index contributed by atoms with van der Waals surface area (Å²) in [5, 5.41) is 62.4. The number of nitrogens with zero attached hydrogens (tertiary/aromatic N) is 3. The summed E-state index contributed by atoms with van der Waals surface area (Å²) >= 11 is 0. The molecule has 0 saturated carbocycles. The monoisotopic (exact) mass is 1350 g/mol. The van der Waals surface area contributed by atoms with Crippen molar-refractivity contribution >= 4 is 79.7 Å². The number of nitrogens with two attached hydrogens (primary N) is 1. The number of aromatic nitrogens is 4. The maximum atomic E-state index is 15.1. The number of hydrogen-bond donors (Lipinski definition) is 13. The van der Waals surface area contributed by atoms with Crippen molar-refractivity contribution in [1.29, 1.82) is 0 Å². The van der Waals surface area contributed by atoms with E-state index in [1.165, 1.54) is 13.8 Å². The summed E-state index contributed by atoms with van der Waals surface area (Å²) in [6.45, 7) is 8.04. The Hall–Kier alpha value is -7.52. The van der Waals surface area contributed by atoms with Gasteiger partial charge in [0.1, 0.15) is 42.3 Å². The van der Waals surface area contributed by atoms with Crippen molar-refractivity contribution in [1.82, 2.24) is 62.5 Å². The van der Waals surface area contributed by atoms with E-state index in [2.05, 4.69) is 57.8 Å². The van der Waals surface area contributed by atoms with Crippen molar-refractivity contribution in [3.8, 4) is 0 Å². The number of benzene rings is 3. The zero-order chi connectivity index (χ0) is 67.6. The van der Waals surface area contributed by atoms with Gasteiger partial charge in [0.2, 0.25) is 47.3 Å². The van der Waals surface area contributed by atoms with Crippen LogP contribution in [0.15, 0.2) is 97.3 Å². The van der Waals surface area contributed by atoms with Crippen molar-refractivity contribution in [2.75, 3.05) is 77.5 Å². The van der Waals surface area contributed by atoms with Crippen LogP contribution in [-0.2, 0) is 89.5 Å². The first-order valence-electron chi connectivity index (χ1n) is 31.6. The summed E-state index contributed by atoms with van der Waals surface area (Å²) < 4.78 is 23.5. The first-order valence-corrected chi connectivity index (χ1v) is 34.1. The molecule has 0 bridgehead atoms. The first kappa shape index (κ1) is 75.5. The fourth-order valence-electron chi connectivity index (χ4n) is 9.85. The van der Waals surface area contributed by atoms with Crippen LogP contribution in [0.1, 0.15) is 68.8 Å². The van der Waals surface area contributed by atoms with Crippen molar-refractivity contribution in [2.45, 2.75) is 139 Å². The van der Waals surface area contributed by atoms with Crippen LogP contribution < -0.4 is 48.3 Å². The van der Waals surface area contributed by atoms with Gasteiger partial charge in [-0.05, 0) is 69.3 Å². The summed E-state index contributed by atoms with van der Waals surface area (Å²) in [4.78, 5) is 120. The van der Waals surface area contributed by atoms with Crippen LogP contribution in [-0.4, -0.2) is 221 Å². The first-order chi connectivity index (χ1) is 45.5. The third-order valence-corrected chi connectivity index (χ3v) is 17.6. The van der Waals surface area contributed by atoms with Crippen LogP contribution in [0.5, 0.6) is 0 Å². The molecule has 3 aromatic carbocycles. The Labute approximate surface area is 554 Å². The van der Waals surface area contributed by atoms with E-state index in [0.29, 0.717) is 94.6 Å². The maximum Gasteiger partial charge on any atom is 0.245 e. The number of hydrogen-bond acceptors (Lipinski definition) is 20. The van der Waals surface area contributed by atoms with E-state index in [1.807, 2.05) is 31.2 Å². The smallest absolute Gasteiger partial charge is 0.245 e. The number of para-hydroxylation sites is 1. The van der Waals surface area contributed by atoms with Crippen molar-refractivity contribution in [3.05, 3.63) is 120 Å². The van der Waals surface area contributed by atoms with Gasteiger partial charge in [0.05, 0.1) is 83.3 Å². The van der Waals surface area contributed by atoms with E-state index >= 15 is 9.59 Å². The Kier molecular flexibility index (Phi) is 33.2. The van der Waals surface area contributed by atoms with Crippen LogP contribution in [0.4, 0.5) is 0 Å². The molecular formula is C64H91N13O15S2. The number of carbonyl (C=O) groups is 8. The highest BCUT2D eigenvalue weighted by molar-refractivity contribution is 8.76. The summed E-state index contributed by atoms with van der Waals surface area (Å²) in [5.41, 5.74) is 8.99. The molecule has 1 saturated heterocycles. The molecular weight excluding hydrogens is 1250 g/mol. The molecule has 28 nitrogen and oxygen atoms in total. The molecule has 14 N–H and O–H groups in total. The predicted octanol–water partition coefficient (Wildman–Crippen LogP) is -0.337. The molecule has 2 unspecified atom stereocenters. The van der Waals surface area contributed by atoms with Crippen LogP contribution in [0.2, 0.25) is 0 Å². The van der Waals surface area contributed by atoms with E-state index < -0.39 is 114 Å². The predicted molar refractivity (Wildman–Crippen MR) is 353 cm³/mol. The largest absolute Gasteiger partial charge is 0.394 e. The highest BCUT2D eigenvalue weighted by Gasteiger charge is 2.37. The number of aliphatic hydroxyl groups excluding tert-OH is 3. The minimum Gasteiger partial charge on any atom is -0.394 e. The third-order valence-electron chi connectivity index (χ3n) is 15.1. The average Bonchev–Trinajstić information content (AvgIpc) is 1.67. The molecule has 6 rings (SSSR count). The molecule has 1 fully saturated rings. The number of carbonyl (C=O) groups excluding carboxylic acids is 8. The lowest BCUT2D eigenvalue weighted by molar-refractivity contribution is -0.136. The molecule has 5 aromatic rings. The second-order valence-corrected chi connectivity index (χ2v) is 25.0. The number of unbranched alkanes of at least 4 members (excludes halogenated alkanes) is 1. The highest BCUT2D eigenvalue weighted by Crippen LogP contribution is 2.25. The van der Waals surface area contributed by atoms with Gasteiger partial charge in [0.25, 0.3) is 0 Å². The number of rotatable bonds is 34. The minimum atomic E-state index is -1.71. The van der Waals surface area contributed by atoms with Gasteiger partial charge in [-0.3, -0.25) is 38.4 Å². The number of aromatic amines is 1. The van der Waals surface area contributed by atoms with E-state index in [1.54, 1.807) is 77.7 Å². The van der Waals surface area contributed by atoms with Gasteiger partial charge in [-0.15, -0.1) is 5.10 Å². The molecule has 2 aromatic heterocycles. The second-order valence-electron chi connectivity index (χ2n) is 22.5. The molecule has 0 aliphatic carbocycles. The normalized spacial score (nSPS) is 20.1.